The second kappa shape index (κ2) is 7.28. The summed E-state index contributed by atoms with van der Waals surface area (Å²) in [7, 11) is -0.456. The predicted molar refractivity (Wildman–Crippen MR) is 92.4 cm³/mol. The maximum Gasteiger partial charge on any atom is 0.287 e. The predicted octanol–water partition coefficient (Wildman–Crippen LogP) is 3.03. The minimum absolute atomic E-state index is 0.0890. The Kier molecular flexibility index (Phi) is 5.39. The lowest BCUT2D eigenvalue weighted by atomic mass is 10.1. The molecule has 0 aliphatic heterocycles. The highest BCUT2D eigenvalue weighted by Gasteiger charge is 2.23. The van der Waals surface area contributed by atoms with Gasteiger partial charge in [0.25, 0.3) is 10.0 Å². The minimum atomic E-state index is -3.88. The molecule has 0 heterocycles. The van der Waals surface area contributed by atoms with Gasteiger partial charge in [-0.25, -0.2) is 0 Å². The van der Waals surface area contributed by atoms with Gasteiger partial charge in [-0.15, -0.1) is 4.40 Å². The molecule has 0 bridgehead atoms. The van der Waals surface area contributed by atoms with E-state index in [1.807, 2.05) is 37.3 Å². The average Bonchev–Trinajstić information content (AvgIpc) is 2.54. The third kappa shape index (κ3) is 4.10. The van der Waals surface area contributed by atoms with Crippen LogP contribution in [0, 0.1) is 0 Å². The van der Waals surface area contributed by atoms with Crippen molar-refractivity contribution < 1.29 is 13.2 Å². The highest BCUT2D eigenvalue weighted by Crippen LogP contribution is 2.35. The van der Waals surface area contributed by atoms with Crippen molar-refractivity contribution in [1.82, 2.24) is 4.90 Å². The molecule has 2 rings (SSSR count). The van der Waals surface area contributed by atoms with Crippen molar-refractivity contribution in [2.45, 2.75) is 11.8 Å². The molecule has 0 saturated carbocycles. The molecule has 0 saturated heterocycles. The van der Waals surface area contributed by atoms with E-state index in [1.54, 1.807) is 37.2 Å². The first-order chi connectivity index (χ1) is 11.0. The number of hydrogen-bond acceptors (Lipinski definition) is 3. The maximum absolute atomic E-state index is 12.7. The van der Waals surface area contributed by atoms with Gasteiger partial charge >= 0.3 is 0 Å². The van der Waals surface area contributed by atoms with E-state index in [4.69, 9.17) is 4.74 Å². The van der Waals surface area contributed by atoms with Gasteiger partial charge in [-0.05, 0) is 18.6 Å². The van der Waals surface area contributed by atoms with Crippen LogP contribution in [-0.4, -0.2) is 40.4 Å². The third-order valence-corrected chi connectivity index (χ3v) is 4.35. The van der Waals surface area contributed by atoms with Gasteiger partial charge in [0.1, 0.15) is 17.0 Å². The molecule has 0 N–H and O–H groups in total. The molecule has 0 unspecified atom stereocenters. The molecule has 0 spiro atoms. The van der Waals surface area contributed by atoms with Gasteiger partial charge in [-0.3, -0.25) is 0 Å². The van der Waals surface area contributed by atoms with Crippen LogP contribution in [0.4, 0.5) is 0 Å². The van der Waals surface area contributed by atoms with Crippen LogP contribution >= 0.6 is 0 Å². The molecule has 122 valence electrons. The van der Waals surface area contributed by atoms with Crippen LogP contribution in [0.15, 0.2) is 57.8 Å². The Morgan fingerprint density at radius 1 is 1.09 bits per heavy atom. The normalized spacial score (nSPS) is 11.6. The van der Waals surface area contributed by atoms with Gasteiger partial charge in [0.15, 0.2) is 0 Å². The average molecular weight is 332 g/mol. The summed E-state index contributed by atoms with van der Waals surface area (Å²) in [5.41, 5.74) is 1.38. The number of ether oxygens (including phenoxy) is 1. The quantitative estimate of drug-likeness (QED) is 0.603. The van der Waals surface area contributed by atoms with Crippen molar-refractivity contribution in [2.75, 3.05) is 20.7 Å². The Morgan fingerprint density at radius 2 is 1.78 bits per heavy atom. The summed E-state index contributed by atoms with van der Waals surface area (Å²) >= 11 is 0. The number of benzene rings is 2. The van der Waals surface area contributed by atoms with Crippen LogP contribution in [0.25, 0.3) is 11.1 Å². The first kappa shape index (κ1) is 17.0. The largest absolute Gasteiger partial charge is 0.492 e. The fraction of sp³-hybridized carbons (Fsp3) is 0.235. The molecule has 0 radical (unpaired) electrons. The fourth-order valence-corrected chi connectivity index (χ4v) is 3.37. The molecule has 0 fully saturated rings. The van der Waals surface area contributed by atoms with Crippen LogP contribution in [0.2, 0.25) is 0 Å². The van der Waals surface area contributed by atoms with E-state index in [1.165, 1.54) is 6.34 Å². The topological polar surface area (TPSA) is 59.0 Å². The molecule has 0 atom stereocenters. The van der Waals surface area contributed by atoms with Gasteiger partial charge < -0.3 is 9.64 Å². The summed E-state index contributed by atoms with van der Waals surface area (Å²) < 4.78 is 34.7. The third-order valence-electron chi connectivity index (χ3n) is 3.04. The molecule has 0 aliphatic rings. The van der Waals surface area contributed by atoms with E-state index in [-0.39, 0.29) is 4.90 Å². The zero-order valence-electron chi connectivity index (χ0n) is 13.4. The smallest absolute Gasteiger partial charge is 0.287 e. The highest BCUT2D eigenvalue weighted by atomic mass is 32.2. The Hall–Kier alpha value is -2.34. The van der Waals surface area contributed by atoms with Crippen LogP contribution in [0.5, 0.6) is 5.75 Å². The van der Waals surface area contributed by atoms with Crippen LogP contribution in [0.1, 0.15) is 6.92 Å². The lowest BCUT2D eigenvalue weighted by Crippen LogP contribution is -2.11. The SMILES string of the molecule is CCOc1cccc(-c2ccccc2)c1S(=O)(=O)N=CN(C)C. The number of sulfonamides is 1. The number of hydrogen-bond donors (Lipinski definition) is 0. The zero-order chi connectivity index (χ0) is 16.9. The summed E-state index contributed by atoms with van der Waals surface area (Å²) in [4.78, 5) is 1.66. The molecule has 2 aromatic rings. The molecular weight excluding hydrogens is 312 g/mol. The summed E-state index contributed by atoms with van der Waals surface area (Å²) in [5, 5.41) is 0. The van der Waals surface area contributed by atoms with Crippen molar-refractivity contribution in [3.63, 3.8) is 0 Å². The van der Waals surface area contributed by atoms with Gasteiger partial charge in [-0.1, -0.05) is 42.5 Å². The van der Waals surface area contributed by atoms with E-state index < -0.39 is 10.0 Å². The maximum atomic E-state index is 12.7. The van der Waals surface area contributed by atoms with Gasteiger partial charge in [-0.2, -0.15) is 8.42 Å². The minimum Gasteiger partial charge on any atom is -0.492 e. The van der Waals surface area contributed by atoms with E-state index in [2.05, 4.69) is 4.40 Å². The van der Waals surface area contributed by atoms with Crippen molar-refractivity contribution in [3.05, 3.63) is 48.5 Å². The molecule has 5 nitrogen and oxygen atoms in total. The summed E-state index contributed by atoms with van der Waals surface area (Å²) in [5.74, 6) is 0.310. The lowest BCUT2D eigenvalue weighted by Gasteiger charge is -2.14. The van der Waals surface area contributed by atoms with Crippen LogP contribution in [-0.2, 0) is 10.0 Å². The van der Waals surface area contributed by atoms with Crippen molar-refractivity contribution in [2.24, 2.45) is 4.40 Å². The fourth-order valence-electron chi connectivity index (χ4n) is 2.11. The van der Waals surface area contributed by atoms with E-state index >= 15 is 0 Å². The molecule has 6 heteroatoms. The zero-order valence-corrected chi connectivity index (χ0v) is 14.2. The molecule has 0 aliphatic carbocycles. The molecular formula is C17H20N2O3S. The van der Waals surface area contributed by atoms with Crippen molar-refractivity contribution in [1.29, 1.82) is 0 Å². The second-order valence-corrected chi connectivity index (χ2v) is 6.66. The van der Waals surface area contributed by atoms with Gasteiger partial charge in [0.2, 0.25) is 0 Å². The number of nitrogens with zero attached hydrogens (tertiary/aromatic N) is 2. The Balaban J connectivity index is 2.68. The van der Waals surface area contributed by atoms with E-state index in [0.717, 1.165) is 5.56 Å². The van der Waals surface area contributed by atoms with Crippen LogP contribution < -0.4 is 4.74 Å². The first-order valence-corrected chi connectivity index (χ1v) is 8.68. The molecule has 2 aromatic carbocycles. The second-order valence-electron chi connectivity index (χ2n) is 5.09. The summed E-state index contributed by atoms with van der Waals surface area (Å²) in [6.45, 7) is 2.19. The monoisotopic (exact) mass is 332 g/mol. The Bertz CT molecular complexity index is 785. The van der Waals surface area contributed by atoms with E-state index in [9.17, 15) is 8.42 Å². The molecule has 0 aromatic heterocycles. The van der Waals surface area contributed by atoms with Crippen LogP contribution in [0.3, 0.4) is 0 Å². The molecule has 23 heavy (non-hydrogen) atoms. The summed E-state index contributed by atoms with van der Waals surface area (Å²) in [6.07, 6.45) is 1.27. The lowest BCUT2D eigenvalue weighted by molar-refractivity contribution is 0.331. The summed E-state index contributed by atoms with van der Waals surface area (Å²) in [6, 6.07) is 14.5. The van der Waals surface area contributed by atoms with Crippen molar-refractivity contribution in [3.8, 4) is 16.9 Å². The van der Waals surface area contributed by atoms with Gasteiger partial charge in [0, 0.05) is 19.7 Å². The molecule has 0 amide bonds. The Morgan fingerprint density at radius 3 is 2.39 bits per heavy atom. The van der Waals surface area contributed by atoms with Gasteiger partial charge in [0.05, 0.1) is 6.61 Å². The van der Waals surface area contributed by atoms with Crippen molar-refractivity contribution >= 4 is 16.4 Å². The standard InChI is InChI=1S/C17H20N2O3S/c1-4-22-16-12-8-11-15(14-9-6-5-7-10-14)17(16)23(20,21)18-13-19(2)3/h5-13H,4H2,1-3H3. The highest BCUT2D eigenvalue weighted by molar-refractivity contribution is 7.90. The first-order valence-electron chi connectivity index (χ1n) is 7.24. The Labute approximate surface area is 137 Å². The number of rotatable bonds is 6. The van der Waals surface area contributed by atoms with E-state index in [0.29, 0.717) is 17.9 Å².